The molecular weight excluding hydrogens is 220 g/mol. The van der Waals surface area contributed by atoms with Gasteiger partial charge in [0.05, 0.1) is 11.7 Å². The van der Waals surface area contributed by atoms with Crippen molar-refractivity contribution in [3.05, 3.63) is 40.3 Å². The van der Waals surface area contributed by atoms with Crippen molar-refractivity contribution in [1.29, 1.82) is 0 Å². The van der Waals surface area contributed by atoms with Gasteiger partial charge >= 0.3 is 0 Å². The Morgan fingerprint density at radius 1 is 1.38 bits per heavy atom. The van der Waals surface area contributed by atoms with Crippen LogP contribution < -0.4 is 0 Å². The summed E-state index contributed by atoms with van der Waals surface area (Å²) in [6.45, 7) is 2.06. The maximum absolute atomic E-state index is 12.2. The van der Waals surface area contributed by atoms with Gasteiger partial charge < -0.3 is 9.47 Å². The van der Waals surface area contributed by atoms with E-state index in [9.17, 15) is 4.79 Å². The van der Waals surface area contributed by atoms with Crippen LogP contribution in [0.5, 0.6) is 0 Å². The van der Waals surface area contributed by atoms with Crippen LogP contribution in [0.3, 0.4) is 0 Å². The van der Waals surface area contributed by atoms with Crippen LogP contribution in [0.25, 0.3) is 5.69 Å². The fourth-order valence-corrected chi connectivity index (χ4v) is 3.01. The van der Waals surface area contributed by atoms with Crippen LogP contribution in [0, 0.1) is 0 Å². The van der Waals surface area contributed by atoms with Crippen molar-refractivity contribution >= 4 is 17.2 Å². The van der Waals surface area contributed by atoms with Gasteiger partial charge in [-0.3, -0.25) is 4.79 Å². The van der Waals surface area contributed by atoms with E-state index in [0.717, 1.165) is 16.3 Å². The molecule has 82 valence electrons. The zero-order chi connectivity index (χ0) is 11.3. The third-order valence-corrected chi connectivity index (χ3v) is 4.10. The first kappa shape index (κ1) is 9.66. The highest BCUT2D eigenvalue weighted by atomic mass is 32.1. The largest absolute Gasteiger partial charge is 0.333 e. The Kier molecular flexibility index (Phi) is 1.94. The average molecular weight is 232 g/mol. The molecule has 0 radical (unpaired) electrons. The molecule has 3 rings (SSSR count). The van der Waals surface area contributed by atoms with Gasteiger partial charge in [-0.1, -0.05) is 0 Å². The van der Waals surface area contributed by atoms with Gasteiger partial charge in [0, 0.05) is 18.9 Å². The molecule has 3 heterocycles. The van der Waals surface area contributed by atoms with Crippen molar-refractivity contribution in [3.63, 3.8) is 0 Å². The molecule has 0 bridgehead atoms. The number of thiophene rings is 1. The van der Waals surface area contributed by atoms with Gasteiger partial charge in [-0.25, -0.2) is 0 Å². The number of nitrogens with zero attached hydrogens (tertiary/aromatic N) is 2. The topological polar surface area (TPSA) is 25.2 Å². The summed E-state index contributed by atoms with van der Waals surface area (Å²) in [6, 6.07) is 6.22. The van der Waals surface area contributed by atoms with Gasteiger partial charge in [-0.15, -0.1) is 11.3 Å². The fourth-order valence-electron chi connectivity index (χ4n) is 2.14. The molecule has 2 aromatic heterocycles. The molecule has 4 heteroatoms. The quantitative estimate of drug-likeness (QED) is 0.685. The third-order valence-electron chi connectivity index (χ3n) is 3.21. The van der Waals surface area contributed by atoms with Crippen molar-refractivity contribution in [1.82, 2.24) is 9.47 Å². The molecule has 1 amide bonds. The van der Waals surface area contributed by atoms with E-state index in [1.807, 2.05) is 30.8 Å². The lowest BCUT2D eigenvalue weighted by molar-refractivity contribution is 0.0750. The minimum atomic E-state index is 0.112. The van der Waals surface area contributed by atoms with Crippen LogP contribution in [0.2, 0.25) is 0 Å². The highest BCUT2D eigenvalue weighted by Crippen LogP contribution is 2.33. The summed E-state index contributed by atoms with van der Waals surface area (Å²) in [4.78, 5) is 14.8. The number of hydrogen-bond acceptors (Lipinski definition) is 2. The molecule has 0 N–H and O–H groups in total. The second-order valence-corrected chi connectivity index (χ2v) is 4.95. The number of amides is 1. The SMILES string of the molecule is CC1c2cccn2-c2ccsc2C(=O)N1C. The Hall–Kier alpha value is -1.55. The first-order valence-corrected chi connectivity index (χ1v) is 6.10. The number of rotatable bonds is 0. The summed E-state index contributed by atoms with van der Waals surface area (Å²) >= 11 is 1.51. The monoisotopic (exact) mass is 232 g/mol. The van der Waals surface area contributed by atoms with Crippen molar-refractivity contribution in [3.8, 4) is 5.69 Å². The number of fused-ring (bicyclic) bond motifs is 3. The van der Waals surface area contributed by atoms with E-state index in [0.29, 0.717) is 0 Å². The van der Waals surface area contributed by atoms with Crippen LogP contribution in [0.15, 0.2) is 29.8 Å². The molecule has 0 fully saturated rings. The Balaban J connectivity index is 2.32. The summed E-state index contributed by atoms with van der Waals surface area (Å²) < 4.78 is 2.11. The summed E-state index contributed by atoms with van der Waals surface area (Å²) in [5, 5.41) is 1.97. The van der Waals surface area contributed by atoms with Crippen molar-refractivity contribution in [2.75, 3.05) is 7.05 Å². The summed E-state index contributed by atoms with van der Waals surface area (Å²) in [7, 11) is 1.86. The number of aromatic nitrogens is 1. The molecule has 0 aromatic carbocycles. The van der Waals surface area contributed by atoms with Crippen LogP contribution in [0.1, 0.15) is 28.3 Å². The van der Waals surface area contributed by atoms with Crippen LogP contribution in [-0.4, -0.2) is 22.4 Å². The lowest BCUT2D eigenvalue weighted by Gasteiger charge is -2.22. The predicted octanol–water partition coefficient (Wildman–Crippen LogP) is 2.69. The number of hydrogen-bond donors (Lipinski definition) is 0. The first-order valence-electron chi connectivity index (χ1n) is 5.22. The molecule has 1 aliphatic heterocycles. The van der Waals surface area contributed by atoms with Gasteiger partial charge in [0.15, 0.2) is 0 Å². The smallest absolute Gasteiger partial charge is 0.266 e. The molecule has 0 saturated carbocycles. The van der Waals surface area contributed by atoms with Crippen molar-refractivity contribution in [2.24, 2.45) is 0 Å². The summed E-state index contributed by atoms with van der Waals surface area (Å²) in [5.41, 5.74) is 2.17. The molecule has 2 aromatic rings. The van der Waals surface area contributed by atoms with E-state index in [2.05, 4.69) is 17.6 Å². The van der Waals surface area contributed by atoms with E-state index in [-0.39, 0.29) is 11.9 Å². The lowest BCUT2D eigenvalue weighted by atomic mass is 10.2. The second-order valence-electron chi connectivity index (χ2n) is 4.03. The second kappa shape index (κ2) is 3.22. The Morgan fingerprint density at radius 3 is 3.00 bits per heavy atom. The minimum absolute atomic E-state index is 0.112. The standard InChI is InChI=1S/C12H12N2OS/c1-8-9-4-3-6-14(9)10-5-7-16-11(10)12(15)13(8)2/h3-8H,1-2H3. The van der Waals surface area contributed by atoms with Crippen LogP contribution in [0.4, 0.5) is 0 Å². The van der Waals surface area contributed by atoms with Gasteiger partial charge in [0.2, 0.25) is 0 Å². The maximum atomic E-state index is 12.2. The summed E-state index contributed by atoms with van der Waals surface area (Å²) in [6.07, 6.45) is 2.02. The average Bonchev–Trinajstić information content (AvgIpc) is 2.91. The van der Waals surface area contributed by atoms with Crippen molar-refractivity contribution in [2.45, 2.75) is 13.0 Å². The Bertz CT molecular complexity index is 555. The van der Waals surface area contributed by atoms with Gasteiger partial charge in [-0.2, -0.15) is 0 Å². The third kappa shape index (κ3) is 1.10. The van der Waals surface area contributed by atoms with Gasteiger partial charge in [0.25, 0.3) is 5.91 Å². The molecule has 1 aliphatic rings. The molecule has 0 saturated heterocycles. The van der Waals surface area contributed by atoms with Gasteiger partial charge in [-0.05, 0) is 30.5 Å². The summed E-state index contributed by atoms with van der Waals surface area (Å²) in [5.74, 6) is 0.112. The minimum Gasteiger partial charge on any atom is -0.333 e. The van der Waals surface area contributed by atoms with Crippen molar-refractivity contribution < 1.29 is 4.79 Å². The predicted molar refractivity (Wildman–Crippen MR) is 64.2 cm³/mol. The Morgan fingerprint density at radius 2 is 2.19 bits per heavy atom. The van der Waals surface area contributed by atoms with Gasteiger partial charge in [0.1, 0.15) is 4.88 Å². The Labute approximate surface area is 97.9 Å². The zero-order valence-corrected chi connectivity index (χ0v) is 9.99. The fraction of sp³-hybridized carbons (Fsp3) is 0.250. The van der Waals surface area contributed by atoms with E-state index >= 15 is 0 Å². The molecule has 0 aliphatic carbocycles. The molecule has 1 unspecified atom stereocenters. The molecule has 16 heavy (non-hydrogen) atoms. The molecular formula is C12H12N2OS. The molecule has 1 atom stereocenters. The lowest BCUT2D eigenvalue weighted by Crippen LogP contribution is -2.27. The van der Waals surface area contributed by atoms with E-state index < -0.39 is 0 Å². The van der Waals surface area contributed by atoms with E-state index in [4.69, 9.17) is 0 Å². The maximum Gasteiger partial charge on any atom is 0.266 e. The molecule has 3 nitrogen and oxygen atoms in total. The van der Waals surface area contributed by atoms with E-state index in [1.54, 1.807) is 4.90 Å². The highest BCUT2D eigenvalue weighted by molar-refractivity contribution is 7.12. The number of carbonyl (C=O) groups is 1. The van der Waals surface area contributed by atoms with Crippen LogP contribution >= 0.6 is 11.3 Å². The van der Waals surface area contributed by atoms with Crippen LogP contribution in [-0.2, 0) is 0 Å². The zero-order valence-electron chi connectivity index (χ0n) is 9.18. The van der Waals surface area contributed by atoms with E-state index in [1.165, 1.54) is 11.3 Å². The highest BCUT2D eigenvalue weighted by Gasteiger charge is 2.28. The normalized spacial score (nSPS) is 19.2. The number of carbonyl (C=O) groups excluding carboxylic acids is 1. The molecule has 0 spiro atoms. The first-order chi connectivity index (χ1) is 7.70.